The molecule has 0 amide bonds. The summed E-state index contributed by atoms with van der Waals surface area (Å²) in [5, 5.41) is 12.6. The van der Waals surface area contributed by atoms with Crippen molar-refractivity contribution in [1.82, 2.24) is 0 Å². The summed E-state index contributed by atoms with van der Waals surface area (Å²) in [4.78, 5) is 0. The van der Waals surface area contributed by atoms with Gasteiger partial charge in [-0.25, -0.2) is 0 Å². The highest BCUT2D eigenvalue weighted by Gasteiger charge is 2.00. The Morgan fingerprint density at radius 1 is 1.12 bits per heavy atom. The van der Waals surface area contributed by atoms with Crippen LogP contribution < -0.4 is 5.32 Å². The minimum absolute atomic E-state index is 0.297. The molecule has 2 aromatic carbocycles. The van der Waals surface area contributed by atoms with E-state index in [2.05, 4.69) is 40.3 Å². The number of aryl methyl sites for hydroxylation is 1. The molecule has 0 aliphatic rings. The van der Waals surface area contributed by atoms with Gasteiger partial charge in [-0.1, -0.05) is 18.2 Å². The average molecular weight is 292 g/mol. The van der Waals surface area contributed by atoms with Crippen molar-refractivity contribution < 1.29 is 5.11 Å². The lowest BCUT2D eigenvalue weighted by molar-refractivity contribution is 0.475. The molecule has 3 heteroatoms. The molecule has 0 aromatic heterocycles. The Kier molecular flexibility index (Phi) is 3.69. The second-order valence-electron chi connectivity index (χ2n) is 4.00. The average Bonchev–Trinajstić information content (AvgIpc) is 2.32. The second-order valence-corrected chi connectivity index (χ2v) is 4.86. The van der Waals surface area contributed by atoms with Crippen LogP contribution in [0.15, 0.2) is 46.9 Å². The monoisotopic (exact) mass is 291 g/mol. The van der Waals surface area contributed by atoms with E-state index in [9.17, 15) is 5.11 Å². The number of hydrogen-bond acceptors (Lipinski definition) is 2. The van der Waals surface area contributed by atoms with Gasteiger partial charge in [-0.15, -0.1) is 0 Å². The highest BCUT2D eigenvalue weighted by atomic mass is 79.9. The van der Waals surface area contributed by atoms with E-state index >= 15 is 0 Å². The van der Waals surface area contributed by atoms with Crippen molar-refractivity contribution >= 4 is 21.6 Å². The number of rotatable bonds is 3. The minimum atomic E-state index is 0.297. The van der Waals surface area contributed by atoms with Gasteiger partial charge in [-0.2, -0.15) is 0 Å². The zero-order chi connectivity index (χ0) is 12.3. The lowest BCUT2D eigenvalue weighted by Crippen LogP contribution is -2.00. The molecule has 0 aliphatic heterocycles. The van der Waals surface area contributed by atoms with Crippen LogP contribution in [0, 0.1) is 6.92 Å². The Hall–Kier alpha value is -1.48. The molecule has 88 valence electrons. The van der Waals surface area contributed by atoms with Crippen LogP contribution in [0.4, 0.5) is 5.69 Å². The molecule has 0 saturated heterocycles. The van der Waals surface area contributed by atoms with Gasteiger partial charge in [0.15, 0.2) is 0 Å². The number of nitrogens with one attached hydrogen (secondary N) is 1. The maximum Gasteiger partial charge on any atom is 0.115 e. The fourth-order valence-electron chi connectivity index (χ4n) is 1.59. The third kappa shape index (κ3) is 3.24. The van der Waals surface area contributed by atoms with Crippen LogP contribution in [0.25, 0.3) is 0 Å². The first-order valence-corrected chi connectivity index (χ1v) is 6.22. The Bertz CT molecular complexity index is 508. The normalized spacial score (nSPS) is 10.2. The molecular weight excluding hydrogens is 278 g/mol. The number of halogens is 1. The summed E-state index contributed by atoms with van der Waals surface area (Å²) in [6, 6.07) is 13.4. The van der Waals surface area contributed by atoms with Crippen molar-refractivity contribution in [2.45, 2.75) is 13.5 Å². The van der Waals surface area contributed by atoms with Gasteiger partial charge in [0, 0.05) is 16.7 Å². The molecule has 0 bridgehead atoms. The Morgan fingerprint density at radius 3 is 2.53 bits per heavy atom. The molecule has 2 nitrogen and oxygen atoms in total. The zero-order valence-corrected chi connectivity index (χ0v) is 11.2. The molecule has 0 heterocycles. The Balaban J connectivity index is 2.07. The summed E-state index contributed by atoms with van der Waals surface area (Å²) >= 11 is 3.51. The van der Waals surface area contributed by atoms with Crippen LogP contribution >= 0.6 is 15.9 Å². The van der Waals surface area contributed by atoms with E-state index in [1.807, 2.05) is 18.2 Å². The van der Waals surface area contributed by atoms with Crippen LogP contribution in [0.3, 0.4) is 0 Å². The highest BCUT2D eigenvalue weighted by molar-refractivity contribution is 9.10. The first-order valence-electron chi connectivity index (χ1n) is 5.43. The molecule has 17 heavy (non-hydrogen) atoms. The third-order valence-electron chi connectivity index (χ3n) is 2.54. The van der Waals surface area contributed by atoms with Crippen LogP contribution in [-0.2, 0) is 6.54 Å². The lowest BCUT2D eigenvalue weighted by Gasteiger charge is -2.09. The van der Waals surface area contributed by atoms with Gasteiger partial charge >= 0.3 is 0 Å². The van der Waals surface area contributed by atoms with Gasteiger partial charge in [0.25, 0.3) is 0 Å². The van der Waals surface area contributed by atoms with E-state index in [-0.39, 0.29) is 0 Å². The fraction of sp³-hybridized carbons (Fsp3) is 0.143. The summed E-state index contributed by atoms with van der Waals surface area (Å²) in [5.74, 6) is 0.297. The van der Waals surface area contributed by atoms with Crippen molar-refractivity contribution in [3.05, 3.63) is 58.1 Å². The van der Waals surface area contributed by atoms with Crippen LogP contribution in [0.5, 0.6) is 5.75 Å². The molecule has 0 spiro atoms. The van der Waals surface area contributed by atoms with E-state index < -0.39 is 0 Å². The molecular formula is C14H14BrNO. The summed E-state index contributed by atoms with van der Waals surface area (Å²) in [7, 11) is 0. The van der Waals surface area contributed by atoms with Crippen LogP contribution in [-0.4, -0.2) is 5.11 Å². The highest BCUT2D eigenvalue weighted by Crippen LogP contribution is 2.24. The quantitative estimate of drug-likeness (QED) is 0.893. The molecule has 2 rings (SSSR count). The fourth-order valence-corrected chi connectivity index (χ4v) is 1.97. The van der Waals surface area contributed by atoms with Crippen molar-refractivity contribution in [2.24, 2.45) is 0 Å². The molecule has 2 aromatic rings. The first kappa shape index (κ1) is 12.0. The maximum atomic E-state index is 9.19. The maximum absolute atomic E-state index is 9.19. The van der Waals surface area contributed by atoms with Crippen molar-refractivity contribution in [1.29, 1.82) is 0 Å². The van der Waals surface area contributed by atoms with Crippen LogP contribution in [0.1, 0.15) is 11.1 Å². The largest absolute Gasteiger partial charge is 0.508 e. The molecule has 0 atom stereocenters. The zero-order valence-electron chi connectivity index (χ0n) is 9.57. The summed E-state index contributed by atoms with van der Waals surface area (Å²) in [6.45, 7) is 2.81. The molecule has 0 radical (unpaired) electrons. The topological polar surface area (TPSA) is 32.3 Å². The van der Waals surface area contributed by atoms with E-state index in [0.717, 1.165) is 22.3 Å². The van der Waals surface area contributed by atoms with Gasteiger partial charge in [0.1, 0.15) is 5.75 Å². The van der Waals surface area contributed by atoms with Gasteiger partial charge in [0.05, 0.1) is 0 Å². The smallest absolute Gasteiger partial charge is 0.115 e. The van der Waals surface area contributed by atoms with E-state index in [0.29, 0.717) is 5.75 Å². The Morgan fingerprint density at radius 2 is 1.82 bits per heavy atom. The number of phenolic OH excluding ortho intramolecular Hbond substituents is 1. The minimum Gasteiger partial charge on any atom is -0.508 e. The van der Waals surface area contributed by atoms with E-state index in [1.165, 1.54) is 5.56 Å². The third-order valence-corrected chi connectivity index (χ3v) is 3.23. The molecule has 0 aliphatic carbocycles. The standard InChI is InChI=1S/C14H14BrNO/c1-10-2-7-13(15)14(8-10)16-9-11-3-5-12(17)6-4-11/h2-8,16-17H,9H2,1H3. The molecule has 0 saturated carbocycles. The van der Waals surface area contributed by atoms with E-state index in [4.69, 9.17) is 0 Å². The molecule has 0 fully saturated rings. The summed E-state index contributed by atoms with van der Waals surface area (Å²) in [5.41, 5.74) is 3.44. The number of phenols is 1. The first-order chi connectivity index (χ1) is 8.15. The van der Waals surface area contributed by atoms with Crippen LogP contribution in [0.2, 0.25) is 0 Å². The van der Waals surface area contributed by atoms with Gasteiger partial charge in [0.2, 0.25) is 0 Å². The Labute approximate surface area is 109 Å². The predicted molar refractivity (Wildman–Crippen MR) is 74.3 cm³/mol. The van der Waals surface area contributed by atoms with Gasteiger partial charge < -0.3 is 10.4 Å². The van der Waals surface area contributed by atoms with Crippen molar-refractivity contribution in [3.63, 3.8) is 0 Å². The second kappa shape index (κ2) is 5.23. The number of aromatic hydroxyl groups is 1. The SMILES string of the molecule is Cc1ccc(Br)c(NCc2ccc(O)cc2)c1. The molecule has 2 N–H and O–H groups in total. The summed E-state index contributed by atoms with van der Waals surface area (Å²) in [6.07, 6.45) is 0. The van der Waals surface area contributed by atoms with Gasteiger partial charge in [-0.05, 0) is 58.2 Å². The summed E-state index contributed by atoms with van der Waals surface area (Å²) < 4.78 is 1.06. The van der Waals surface area contributed by atoms with Gasteiger partial charge in [-0.3, -0.25) is 0 Å². The molecule has 0 unspecified atom stereocenters. The number of benzene rings is 2. The van der Waals surface area contributed by atoms with Crippen molar-refractivity contribution in [3.8, 4) is 5.75 Å². The number of anilines is 1. The number of hydrogen-bond donors (Lipinski definition) is 2. The lowest BCUT2D eigenvalue weighted by atomic mass is 10.2. The predicted octanol–water partition coefficient (Wildman–Crippen LogP) is 4.08. The van der Waals surface area contributed by atoms with E-state index in [1.54, 1.807) is 12.1 Å². The van der Waals surface area contributed by atoms with Crippen molar-refractivity contribution in [2.75, 3.05) is 5.32 Å².